The minimum Gasteiger partial charge on any atom is -0.457 e. The molecule has 16 aromatic carbocycles. The summed E-state index contributed by atoms with van der Waals surface area (Å²) < 4.78 is 17.0. The van der Waals surface area contributed by atoms with Crippen molar-refractivity contribution in [3.8, 4) is 72.8 Å². The number of aromatic nitrogens is 1. The Kier molecular flexibility index (Phi) is 17.7. The molecule has 0 radical (unpaired) electrons. The molecular formula is C104H82N4O2. The van der Waals surface area contributed by atoms with E-state index < -0.39 is 0 Å². The summed E-state index contributed by atoms with van der Waals surface area (Å²) in [5.74, 6) is 1.36. The highest BCUT2D eigenvalue weighted by molar-refractivity contribution is 6.13. The molecule has 18 aromatic rings. The molecule has 18 rings (SSSR count). The predicted octanol–water partition coefficient (Wildman–Crippen LogP) is 29.8. The van der Waals surface area contributed by atoms with E-state index in [0.717, 1.165) is 157 Å². The molecular weight excluding hydrogens is 1340 g/mol. The van der Waals surface area contributed by atoms with Crippen LogP contribution in [0.25, 0.3) is 105 Å². The van der Waals surface area contributed by atoms with Gasteiger partial charge in [-0.3, -0.25) is 0 Å². The van der Waals surface area contributed by atoms with Crippen LogP contribution < -0.4 is 19.4 Å². The first-order chi connectivity index (χ1) is 53.8. The number of benzene rings is 16. The molecule has 0 N–H and O–H groups in total. The Morgan fingerprint density at radius 1 is 0.264 bits per heavy atom. The molecule has 0 amide bonds. The summed E-state index contributed by atoms with van der Waals surface area (Å²) in [6.45, 7) is 13.8. The standard InChI is InChI=1S/C104H82N4O2/c1-103(2,3)77-63-83(106(100-88(72-37-15-8-16-38-72)54-33-55-89(100)73-39-17-9-18-40-73)80-47-31-48-81(67-80)108-96-58-28-25-51-92(96)93-52-26-29-59-97(93)108)68-84(64-77)107(101-90(74-41-19-10-20-42-74)56-34-57-91(101)75-43-21-11-22-44-75)82-49-32-50-86(69-82)109-87-66-78(104(4,5)6)65-85(70-87)105(79-45-23-12-24-46-79)98-62-76(71-35-13-7-14-36-71)61-95-94-53-27-30-60-99(94)110-102(95)98/h7-70H,1-6H3. The number of furan rings is 1. The van der Waals surface area contributed by atoms with Crippen molar-refractivity contribution >= 4 is 94.9 Å². The van der Waals surface area contributed by atoms with Gasteiger partial charge in [0.15, 0.2) is 5.58 Å². The number of anilines is 9. The average molecular weight is 1420 g/mol. The third-order valence-corrected chi connectivity index (χ3v) is 21.2. The molecule has 6 heteroatoms. The Hall–Kier alpha value is -13.7. The van der Waals surface area contributed by atoms with Crippen molar-refractivity contribution in [2.45, 2.75) is 52.4 Å². The van der Waals surface area contributed by atoms with Gasteiger partial charge in [0.2, 0.25) is 0 Å². The van der Waals surface area contributed by atoms with E-state index in [-0.39, 0.29) is 10.8 Å². The van der Waals surface area contributed by atoms with Crippen LogP contribution in [0.5, 0.6) is 11.5 Å². The molecule has 2 aromatic heterocycles. The van der Waals surface area contributed by atoms with Crippen LogP contribution in [0.1, 0.15) is 52.7 Å². The lowest BCUT2D eigenvalue weighted by molar-refractivity contribution is 0.479. The molecule has 110 heavy (non-hydrogen) atoms. The van der Waals surface area contributed by atoms with Crippen LogP contribution in [0, 0.1) is 0 Å². The van der Waals surface area contributed by atoms with E-state index in [1.165, 1.54) is 10.8 Å². The van der Waals surface area contributed by atoms with E-state index >= 15 is 0 Å². The molecule has 2 heterocycles. The van der Waals surface area contributed by atoms with Crippen LogP contribution in [0.15, 0.2) is 393 Å². The van der Waals surface area contributed by atoms with Gasteiger partial charge in [0, 0.05) is 90.1 Å². The lowest BCUT2D eigenvalue weighted by atomic mass is 9.85. The van der Waals surface area contributed by atoms with Crippen molar-refractivity contribution in [2.24, 2.45) is 0 Å². The number of rotatable bonds is 17. The second-order valence-electron chi connectivity index (χ2n) is 30.5. The average Bonchev–Trinajstić information content (AvgIpc) is 1.20. The summed E-state index contributed by atoms with van der Waals surface area (Å²) in [5.41, 5.74) is 26.1. The molecule has 0 atom stereocenters. The van der Waals surface area contributed by atoms with Crippen molar-refractivity contribution in [1.29, 1.82) is 0 Å². The molecule has 0 spiro atoms. The SMILES string of the molecule is CC(C)(C)c1cc(N(c2cccc(Oc3cc(N(c4ccccc4)c4cc(-c5ccccc5)cc5c4oc4ccccc45)cc(C(C)(C)C)c3)c2)c2c(-c3ccccc3)cccc2-c2ccccc2)cc(N(c2cccc(-n3c4ccccc4c4ccccc43)c2)c2c(-c3ccccc3)cccc2-c2ccccc2)c1. The van der Waals surface area contributed by atoms with Crippen LogP contribution >= 0.6 is 0 Å². The number of hydrogen-bond donors (Lipinski definition) is 0. The second-order valence-corrected chi connectivity index (χ2v) is 30.5. The van der Waals surface area contributed by atoms with E-state index in [2.05, 4.69) is 443 Å². The van der Waals surface area contributed by atoms with E-state index in [0.29, 0.717) is 11.5 Å². The van der Waals surface area contributed by atoms with Crippen molar-refractivity contribution in [2.75, 3.05) is 14.7 Å². The molecule has 530 valence electrons. The van der Waals surface area contributed by atoms with Gasteiger partial charge in [-0.25, -0.2) is 0 Å². The van der Waals surface area contributed by atoms with Gasteiger partial charge in [0.1, 0.15) is 17.1 Å². The Morgan fingerprint density at radius 3 is 1.15 bits per heavy atom. The molecule has 0 saturated heterocycles. The molecule has 6 nitrogen and oxygen atoms in total. The van der Waals surface area contributed by atoms with Crippen molar-refractivity contribution < 1.29 is 9.15 Å². The summed E-state index contributed by atoms with van der Waals surface area (Å²) in [5, 5.41) is 4.51. The fourth-order valence-corrected chi connectivity index (χ4v) is 15.8. The maximum Gasteiger partial charge on any atom is 0.159 e. The molecule has 0 aliphatic carbocycles. The van der Waals surface area contributed by atoms with Crippen molar-refractivity contribution in [3.05, 3.63) is 399 Å². The minimum absolute atomic E-state index is 0.301. The van der Waals surface area contributed by atoms with Crippen LogP contribution in [0.4, 0.5) is 51.2 Å². The summed E-state index contributed by atoms with van der Waals surface area (Å²) in [4.78, 5) is 7.37. The zero-order valence-electron chi connectivity index (χ0n) is 62.6. The fraction of sp³-hybridized carbons (Fsp3) is 0.0769. The van der Waals surface area contributed by atoms with Crippen molar-refractivity contribution in [3.63, 3.8) is 0 Å². The van der Waals surface area contributed by atoms with Gasteiger partial charge >= 0.3 is 0 Å². The number of ether oxygens (including phenoxy) is 1. The summed E-state index contributed by atoms with van der Waals surface area (Å²) in [6, 6.07) is 141. The molecule has 0 bridgehead atoms. The van der Waals surface area contributed by atoms with E-state index in [4.69, 9.17) is 9.15 Å². The number of para-hydroxylation sites is 6. The molecule has 0 unspecified atom stereocenters. The largest absolute Gasteiger partial charge is 0.457 e. The lowest BCUT2D eigenvalue weighted by Crippen LogP contribution is -2.19. The first-order valence-electron chi connectivity index (χ1n) is 37.9. The quantitative estimate of drug-likeness (QED) is 0.0908. The number of fused-ring (bicyclic) bond motifs is 6. The van der Waals surface area contributed by atoms with Gasteiger partial charge in [-0.1, -0.05) is 315 Å². The van der Waals surface area contributed by atoms with E-state index in [1.54, 1.807) is 0 Å². The van der Waals surface area contributed by atoms with Gasteiger partial charge < -0.3 is 28.4 Å². The monoisotopic (exact) mass is 1420 g/mol. The normalized spacial score (nSPS) is 11.7. The van der Waals surface area contributed by atoms with Crippen LogP contribution in [0.2, 0.25) is 0 Å². The topological polar surface area (TPSA) is 37.0 Å². The number of nitrogens with zero attached hydrogens (tertiary/aromatic N) is 4. The van der Waals surface area contributed by atoms with Gasteiger partial charge in [-0.2, -0.15) is 0 Å². The molecule has 0 fully saturated rings. The maximum atomic E-state index is 7.57. The predicted molar refractivity (Wildman–Crippen MR) is 463 cm³/mol. The maximum absolute atomic E-state index is 7.57. The van der Waals surface area contributed by atoms with Crippen molar-refractivity contribution in [1.82, 2.24) is 4.57 Å². The van der Waals surface area contributed by atoms with Gasteiger partial charge in [0.05, 0.1) is 33.8 Å². The Bertz CT molecular complexity index is 6220. The van der Waals surface area contributed by atoms with Crippen LogP contribution in [-0.2, 0) is 10.8 Å². The molecule has 0 aliphatic heterocycles. The summed E-state index contributed by atoms with van der Waals surface area (Å²) in [7, 11) is 0. The highest BCUT2D eigenvalue weighted by atomic mass is 16.5. The molecule has 0 aliphatic rings. The summed E-state index contributed by atoms with van der Waals surface area (Å²) in [6.07, 6.45) is 0. The Morgan fingerprint density at radius 2 is 0.655 bits per heavy atom. The number of hydrogen-bond acceptors (Lipinski definition) is 5. The third kappa shape index (κ3) is 13.0. The highest BCUT2D eigenvalue weighted by Crippen LogP contribution is 2.54. The smallest absolute Gasteiger partial charge is 0.159 e. The van der Waals surface area contributed by atoms with Crippen LogP contribution in [0.3, 0.4) is 0 Å². The summed E-state index contributed by atoms with van der Waals surface area (Å²) >= 11 is 0. The molecule has 0 saturated carbocycles. The van der Waals surface area contributed by atoms with E-state index in [9.17, 15) is 0 Å². The zero-order chi connectivity index (χ0) is 74.5. The second kappa shape index (κ2) is 28.6. The van der Waals surface area contributed by atoms with Gasteiger partial charge in [0.25, 0.3) is 0 Å². The minimum atomic E-state index is -0.372. The lowest BCUT2D eigenvalue weighted by Gasteiger charge is -2.35. The van der Waals surface area contributed by atoms with Crippen LogP contribution in [-0.4, -0.2) is 4.57 Å². The highest BCUT2D eigenvalue weighted by Gasteiger charge is 2.31. The first kappa shape index (κ1) is 68.2. The van der Waals surface area contributed by atoms with Gasteiger partial charge in [-0.15, -0.1) is 0 Å². The van der Waals surface area contributed by atoms with Gasteiger partial charge in [-0.05, 0) is 158 Å². The van der Waals surface area contributed by atoms with E-state index in [1.807, 2.05) is 6.07 Å². The zero-order valence-corrected chi connectivity index (χ0v) is 62.6. The third-order valence-electron chi connectivity index (χ3n) is 21.2. The Balaban J connectivity index is 0.880. The Labute approximate surface area is 643 Å². The fourth-order valence-electron chi connectivity index (χ4n) is 15.8. The first-order valence-corrected chi connectivity index (χ1v) is 37.9.